The molecule has 1 heterocycles. The standard InChI is InChI=1S/C15H22N4/c1-15(10-17-14(16)19(15)13-8-9-13)11-4-6-12(7-5-11)18(2)3/h4-7,13H,8-10H2,1-3H3,(H2,16,17). The smallest absolute Gasteiger partial charge is 0.192 e. The molecule has 1 saturated carbocycles. The van der Waals surface area contributed by atoms with Crippen molar-refractivity contribution < 1.29 is 0 Å². The van der Waals surface area contributed by atoms with Gasteiger partial charge in [-0.2, -0.15) is 0 Å². The molecule has 1 atom stereocenters. The van der Waals surface area contributed by atoms with Crippen molar-refractivity contribution >= 4 is 11.6 Å². The third-order valence-corrected chi connectivity index (χ3v) is 4.25. The Morgan fingerprint density at radius 1 is 1.26 bits per heavy atom. The minimum Gasteiger partial charge on any atom is -0.378 e. The van der Waals surface area contributed by atoms with E-state index >= 15 is 0 Å². The summed E-state index contributed by atoms with van der Waals surface area (Å²) in [6.45, 7) is 3.01. The molecule has 0 bridgehead atoms. The van der Waals surface area contributed by atoms with Crippen molar-refractivity contribution in [1.29, 1.82) is 0 Å². The van der Waals surface area contributed by atoms with Crippen LogP contribution in [0.4, 0.5) is 5.69 Å². The van der Waals surface area contributed by atoms with Gasteiger partial charge in [0.25, 0.3) is 0 Å². The second kappa shape index (κ2) is 4.15. The Kier molecular flexibility index (Phi) is 2.69. The molecule has 1 aromatic rings. The zero-order chi connectivity index (χ0) is 13.6. The van der Waals surface area contributed by atoms with Crippen molar-refractivity contribution in [2.45, 2.75) is 31.3 Å². The van der Waals surface area contributed by atoms with Crippen LogP contribution in [0.1, 0.15) is 25.3 Å². The molecular weight excluding hydrogens is 236 g/mol. The summed E-state index contributed by atoms with van der Waals surface area (Å²) >= 11 is 0. The highest BCUT2D eigenvalue weighted by molar-refractivity contribution is 5.82. The normalized spacial score (nSPS) is 26.5. The minimum absolute atomic E-state index is 0.0733. The molecular formula is C15H22N4. The van der Waals surface area contributed by atoms with Gasteiger partial charge in [-0.05, 0) is 37.5 Å². The summed E-state index contributed by atoms with van der Waals surface area (Å²) in [6.07, 6.45) is 2.48. The van der Waals surface area contributed by atoms with Gasteiger partial charge in [0.15, 0.2) is 5.96 Å². The zero-order valence-electron chi connectivity index (χ0n) is 11.9. The number of hydrogen-bond donors (Lipinski definition) is 1. The van der Waals surface area contributed by atoms with Crippen molar-refractivity contribution in [3.8, 4) is 0 Å². The lowest BCUT2D eigenvalue weighted by atomic mass is 9.90. The minimum atomic E-state index is -0.0733. The van der Waals surface area contributed by atoms with E-state index in [4.69, 9.17) is 5.73 Å². The lowest BCUT2D eigenvalue weighted by Gasteiger charge is -2.37. The number of rotatable bonds is 3. The van der Waals surface area contributed by atoms with Crippen molar-refractivity contribution in [3.63, 3.8) is 0 Å². The third kappa shape index (κ3) is 1.95. The molecule has 1 aromatic carbocycles. The van der Waals surface area contributed by atoms with Gasteiger partial charge in [0.1, 0.15) is 0 Å². The van der Waals surface area contributed by atoms with Crippen LogP contribution in [-0.4, -0.2) is 37.5 Å². The van der Waals surface area contributed by atoms with Crippen molar-refractivity contribution in [3.05, 3.63) is 29.8 Å². The molecule has 0 spiro atoms. The maximum atomic E-state index is 6.08. The van der Waals surface area contributed by atoms with Gasteiger partial charge in [-0.1, -0.05) is 12.1 Å². The summed E-state index contributed by atoms with van der Waals surface area (Å²) in [5.74, 6) is 0.710. The number of anilines is 1. The van der Waals surface area contributed by atoms with Crippen LogP contribution >= 0.6 is 0 Å². The van der Waals surface area contributed by atoms with Gasteiger partial charge in [0, 0.05) is 25.8 Å². The fourth-order valence-electron chi connectivity index (χ4n) is 2.91. The predicted octanol–water partition coefficient (Wildman–Crippen LogP) is 1.76. The van der Waals surface area contributed by atoms with Gasteiger partial charge in [0.05, 0.1) is 12.1 Å². The van der Waals surface area contributed by atoms with Crippen LogP contribution in [0.2, 0.25) is 0 Å². The number of nitrogens with zero attached hydrogens (tertiary/aromatic N) is 3. The first-order valence-corrected chi connectivity index (χ1v) is 6.89. The van der Waals surface area contributed by atoms with Gasteiger partial charge in [0.2, 0.25) is 0 Å². The molecule has 2 aliphatic rings. The SMILES string of the molecule is CN(C)c1ccc(C2(C)CN=C(N)N2C2CC2)cc1. The summed E-state index contributed by atoms with van der Waals surface area (Å²) in [7, 11) is 4.12. The quantitative estimate of drug-likeness (QED) is 0.898. The highest BCUT2D eigenvalue weighted by atomic mass is 15.4. The summed E-state index contributed by atoms with van der Waals surface area (Å²) in [6, 6.07) is 9.34. The van der Waals surface area contributed by atoms with Crippen LogP contribution in [-0.2, 0) is 5.54 Å². The van der Waals surface area contributed by atoms with Crippen LogP contribution in [0.25, 0.3) is 0 Å². The van der Waals surface area contributed by atoms with Crippen LogP contribution in [0.15, 0.2) is 29.3 Å². The Bertz CT molecular complexity index is 501. The summed E-state index contributed by atoms with van der Waals surface area (Å²) in [5.41, 5.74) is 8.53. The van der Waals surface area contributed by atoms with Crippen LogP contribution < -0.4 is 10.6 Å². The molecule has 0 saturated heterocycles. The average molecular weight is 258 g/mol. The lowest BCUT2D eigenvalue weighted by molar-refractivity contribution is 0.216. The second-order valence-electron chi connectivity index (χ2n) is 5.99. The first kappa shape index (κ1) is 12.3. The first-order chi connectivity index (χ1) is 9.02. The Hall–Kier alpha value is -1.71. The summed E-state index contributed by atoms with van der Waals surface area (Å²) < 4.78 is 0. The summed E-state index contributed by atoms with van der Waals surface area (Å²) in [4.78, 5) is 8.91. The maximum absolute atomic E-state index is 6.08. The van der Waals surface area contributed by atoms with E-state index in [0.717, 1.165) is 6.54 Å². The number of benzene rings is 1. The van der Waals surface area contributed by atoms with Crippen molar-refractivity contribution in [2.24, 2.45) is 10.7 Å². The highest BCUT2D eigenvalue weighted by Crippen LogP contribution is 2.41. The average Bonchev–Trinajstić information content (AvgIpc) is 3.17. The third-order valence-electron chi connectivity index (χ3n) is 4.25. The van der Waals surface area contributed by atoms with E-state index in [1.165, 1.54) is 24.1 Å². The van der Waals surface area contributed by atoms with E-state index < -0.39 is 0 Å². The van der Waals surface area contributed by atoms with E-state index in [0.29, 0.717) is 12.0 Å². The topological polar surface area (TPSA) is 44.9 Å². The van der Waals surface area contributed by atoms with Gasteiger partial charge in [-0.3, -0.25) is 4.99 Å². The molecule has 4 nitrogen and oxygen atoms in total. The molecule has 0 amide bonds. The van der Waals surface area contributed by atoms with Gasteiger partial charge < -0.3 is 15.5 Å². The van der Waals surface area contributed by atoms with E-state index in [1.54, 1.807) is 0 Å². The van der Waals surface area contributed by atoms with Crippen molar-refractivity contribution in [1.82, 2.24) is 4.90 Å². The first-order valence-electron chi connectivity index (χ1n) is 6.89. The Labute approximate surface area is 114 Å². The van der Waals surface area contributed by atoms with E-state index in [9.17, 15) is 0 Å². The molecule has 4 heteroatoms. The monoisotopic (exact) mass is 258 g/mol. The molecule has 2 N–H and O–H groups in total. The van der Waals surface area contributed by atoms with Gasteiger partial charge in [-0.15, -0.1) is 0 Å². The fraction of sp³-hybridized carbons (Fsp3) is 0.533. The molecule has 1 unspecified atom stereocenters. The Morgan fingerprint density at radius 3 is 2.42 bits per heavy atom. The molecule has 102 valence electrons. The van der Waals surface area contributed by atoms with Gasteiger partial charge >= 0.3 is 0 Å². The zero-order valence-corrected chi connectivity index (χ0v) is 11.9. The molecule has 1 aliphatic carbocycles. The van der Waals surface area contributed by atoms with Crippen LogP contribution in [0.3, 0.4) is 0 Å². The van der Waals surface area contributed by atoms with Gasteiger partial charge in [-0.25, -0.2) is 0 Å². The Balaban J connectivity index is 1.91. The molecule has 3 rings (SSSR count). The molecule has 1 aliphatic heterocycles. The van der Waals surface area contributed by atoms with Crippen molar-refractivity contribution in [2.75, 3.05) is 25.5 Å². The number of aliphatic imine (C=N–C) groups is 1. The van der Waals surface area contributed by atoms with E-state index in [-0.39, 0.29) is 5.54 Å². The fourth-order valence-corrected chi connectivity index (χ4v) is 2.91. The molecule has 0 aromatic heterocycles. The molecule has 0 radical (unpaired) electrons. The second-order valence-corrected chi connectivity index (χ2v) is 5.99. The largest absolute Gasteiger partial charge is 0.378 e. The van der Waals surface area contributed by atoms with Crippen LogP contribution in [0, 0.1) is 0 Å². The number of guanidine groups is 1. The lowest BCUT2D eigenvalue weighted by Crippen LogP contribution is -2.48. The van der Waals surface area contributed by atoms with E-state index in [2.05, 4.69) is 60.1 Å². The maximum Gasteiger partial charge on any atom is 0.192 e. The number of hydrogen-bond acceptors (Lipinski definition) is 4. The van der Waals surface area contributed by atoms with Crippen LogP contribution in [0.5, 0.6) is 0 Å². The predicted molar refractivity (Wildman–Crippen MR) is 79.5 cm³/mol. The summed E-state index contributed by atoms with van der Waals surface area (Å²) in [5, 5.41) is 0. The van der Waals surface area contributed by atoms with E-state index in [1.807, 2.05) is 0 Å². The highest BCUT2D eigenvalue weighted by Gasteiger charge is 2.46. The molecule has 19 heavy (non-hydrogen) atoms. The molecule has 1 fully saturated rings. The number of nitrogens with two attached hydrogens (primary N) is 1. The Morgan fingerprint density at radius 2 is 1.89 bits per heavy atom.